The second-order valence-corrected chi connectivity index (χ2v) is 6.83. The number of hydrogen-bond donors (Lipinski definition) is 2. The monoisotopic (exact) mass is 362 g/mol. The predicted molar refractivity (Wildman–Crippen MR) is 103 cm³/mol. The summed E-state index contributed by atoms with van der Waals surface area (Å²) < 4.78 is 2.06. The lowest BCUT2D eigenvalue weighted by Crippen LogP contribution is -2.29. The van der Waals surface area contributed by atoms with E-state index in [2.05, 4.69) is 33.3 Å². The van der Waals surface area contributed by atoms with Crippen molar-refractivity contribution in [2.75, 3.05) is 13.1 Å². The van der Waals surface area contributed by atoms with E-state index in [1.165, 1.54) is 6.20 Å². The summed E-state index contributed by atoms with van der Waals surface area (Å²) in [4.78, 5) is 15.7. The first-order valence-electron chi connectivity index (χ1n) is 9.22. The van der Waals surface area contributed by atoms with Gasteiger partial charge in [0.2, 0.25) is 0 Å². The maximum atomic E-state index is 11.6. The molecule has 3 aromatic rings. The molecule has 0 unspecified atom stereocenters. The van der Waals surface area contributed by atoms with Gasteiger partial charge >= 0.3 is 5.97 Å². The number of carboxylic acids is 1. The molecule has 1 aliphatic rings. The molecule has 1 aliphatic heterocycles. The minimum atomic E-state index is -0.938. The van der Waals surface area contributed by atoms with Gasteiger partial charge in [0.1, 0.15) is 0 Å². The van der Waals surface area contributed by atoms with E-state index in [1.807, 2.05) is 18.2 Å². The van der Waals surface area contributed by atoms with Gasteiger partial charge in [-0.1, -0.05) is 30.3 Å². The molecule has 0 bridgehead atoms. The Morgan fingerprint density at radius 1 is 1.19 bits per heavy atom. The van der Waals surface area contributed by atoms with Crippen LogP contribution in [0.5, 0.6) is 0 Å². The minimum Gasteiger partial charge on any atom is -0.478 e. The first kappa shape index (κ1) is 17.4. The fraction of sp³-hybridized carbons (Fsp3) is 0.286. The Kier molecular flexibility index (Phi) is 4.98. The third kappa shape index (κ3) is 3.75. The lowest BCUT2D eigenvalue weighted by molar-refractivity contribution is 0.0695. The van der Waals surface area contributed by atoms with Crippen molar-refractivity contribution in [3.63, 3.8) is 0 Å². The molecule has 27 heavy (non-hydrogen) atoms. The van der Waals surface area contributed by atoms with Crippen LogP contribution in [0.3, 0.4) is 0 Å². The number of aromatic carboxylic acids is 1. The number of pyridine rings is 1. The van der Waals surface area contributed by atoms with E-state index in [1.54, 1.807) is 12.3 Å². The number of nitrogens with one attached hydrogen (secondary N) is 1. The Bertz CT molecular complexity index is 930. The van der Waals surface area contributed by atoms with Gasteiger partial charge in [-0.25, -0.2) is 4.79 Å². The Morgan fingerprint density at radius 3 is 2.70 bits per heavy atom. The van der Waals surface area contributed by atoms with Gasteiger partial charge in [0.15, 0.2) is 0 Å². The van der Waals surface area contributed by atoms with E-state index < -0.39 is 5.97 Å². The highest BCUT2D eigenvalue weighted by molar-refractivity contribution is 5.89. The molecule has 138 valence electrons. The van der Waals surface area contributed by atoms with E-state index in [0.29, 0.717) is 18.0 Å². The second-order valence-electron chi connectivity index (χ2n) is 6.83. The summed E-state index contributed by atoms with van der Waals surface area (Å²) in [6, 6.07) is 12.0. The molecule has 1 fully saturated rings. The number of rotatable bonds is 5. The molecule has 2 N–H and O–H groups in total. The van der Waals surface area contributed by atoms with E-state index in [0.717, 1.165) is 42.8 Å². The van der Waals surface area contributed by atoms with Gasteiger partial charge in [-0.05, 0) is 43.1 Å². The standard InChI is InChI=1S/C21H22N4O2/c26-21(27)18-8-11-23-13-16(18)12-20-19(15-4-2-1-3-5-15)14-25(24-20)17-6-9-22-10-7-17/h1-5,8,11,13-14,17,22H,6-7,9-10,12H2,(H,26,27). The SMILES string of the molecule is O=C(O)c1ccncc1Cc1nn(C2CCNCC2)cc1-c1ccccc1. The van der Waals surface area contributed by atoms with Crippen LogP contribution in [0.25, 0.3) is 11.1 Å². The second kappa shape index (κ2) is 7.72. The van der Waals surface area contributed by atoms with E-state index in [9.17, 15) is 9.90 Å². The highest BCUT2D eigenvalue weighted by Gasteiger charge is 2.20. The molecule has 4 rings (SSSR count). The maximum Gasteiger partial charge on any atom is 0.336 e. The summed E-state index contributed by atoms with van der Waals surface area (Å²) in [5.41, 5.74) is 3.98. The molecular formula is C21H22N4O2. The summed E-state index contributed by atoms with van der Waals surface area (Å²) >= 11 is 0. The van der Waals surface area contributed by atoms with Gasteiger partial charge in [-0.3, -0.25) is 9.67 Å². The van der Waals surface area contributed by atoms with Crippen LogP contribution in [0, 0.1) is 0 Å². The average Bonchev–Trinajstić information content (AvgIpc) is 3.13. The van der Waals surface area contributed by atoms with Crippen LogP contribution >= 0.6 is 0 Å². The summed E-state index contributed by atoms with van der Waals surface area (Å²) in [7, 11) is 0. The maximum absolute atomic E-state index is 11.6. The number of nitrogens with zero attached hydrogens (tertiary/aromatic N) is 3. The van der Waals surface area contributed by atoms with Crippen molar-refractivity contribution in [3.05, 3.63) is 71.8 Å². The Hall–Kier alpha value is -2.99. The lowest BCUT2D eigenvalue weighted by atomic mass is 10.00. The molecule has 2 aromatic heterocycles. The summed E-state index contributed by atoms with van der Waals surface area (Å²) in [6.45, 7) is 1.98. The van der Waals surface area contributed by atoms with Crippen LogP contribution in [0.2, 0.25) is 0 Å². The van der Waals surface area contributed by atoms with Crippen molar-refractivity contribution in [2.45, 2.75) is 25.3 Å². The fourth-order valence-electron chi connectivity index (χ4n) is 3.63. The van der Waals surface area contributed by atoms with Gasteiger partial charge in [0.25, 0.3) is 0 Å². The molecule has 6 heteroatoms. The Balaban J connectivity index is 1.74. The molecule has 1 aromatic carbocycles. The zero-order valence-electron chi connectivity index (χ0n) is 15.0. The van der Waals surface area contributed by atoms with Gasteiger partial charge in [-0.2, -0.15) is 5.10 Å². The Labute approximate surface area is 157 Å². The van der Waals surface area contributed by atoms with Crippen LogP contribution in [-0.4, -0.2) is 38.9 Å². The normalized spacial score (nSPS) is 15.0. The molecule has 1 saturated heterocycles. The van der Waals surface area contributed by atoms with E-state index in [-0.39, 0.29) is 5.56 Å². The molecule has 6 nitrogen and oxygen atoms in total. The number of piperidine rings is 1. The van der Waals surface area contributed by atoms with Crippen molar-refractivity contribution in [1.82, 2.24) is 20.1 Å². The largest absolute Gasteiger partial charge is 0.478 e. The van der Waals surface area contributed by atoms with Crippen molar-refractivity contribution >= 4 is 5.97 Å². The summed E-state index contributed by atoms with van der Waals surface area (Å²) in [5, 5.41) is 17.7. The van der Waals surface area contributed by atoms with Crippen LogP contribution in [-0.2, 0) is 6.42 Å². The van der Waals surface area contributed by atoms with Crippen molar-refractivity contribution in [1.29, 1.82) is 0 Å². The van der Waals surface area contributed by atoms with Gasteiger partial charge in [-0.15, -0.1) is 0 Å². The number of carboxylic acid groups (broad SMARTS) is 1. The molecule has 0 radical (unpaired) electrons. The van der Waals surface area contributed by atoms with Crippen molar-refractivity contribution < 1.29 is 9.90 Å². The van der Waals surface area contributed by atoms with Gasteiger partial charge < -0.3 is 10.4 Å². The van der Waals surface area contributed by atoms with Crippen LogP contribution in [0.4, 0.5) is 0 Å². The molecule has 0 saturated carbocycles. The average molecular weight is 362 g/mol. The predicted octanol–water partition coefficient (Wildman–Crippen LogP) is 3.16. The third-order valence-electron chi connectivity index (χ3n) is 5.07. The zero-order chi connectivity index (χ0) is 18.6. The highest BCUT2D eigenvalue weighted by Crippen LogP contribution is 2.29. The van der Waals surface area contributed by atoms with Gasteiger partial charge in [0.05, 0.1) is 17.3 Å². The van der Waals surface area contributed by atoms with Crippen molar-refractivity contribution in [3.8, 4) is 11.1 Å². The van der Waals surface area contributed by atoms with Gasteiger partial charge in [0, 0.05) is 30.6 Å². The number of carbonyl (C=O) groups is 1. The van der Waals surface area contributed by atoms with E-state index >= 15 is 0 Å². The fourth-order valence-corrected chi connectivity index (χ4v) is 3.63. The molecule has 0 atom stereocenters. The number of hydrogen-bond acceptors (Lipinski definition) is 4. The number of benzene rings is 1. The molecule has 0 aliphatic carbocycles. The van der Waals surface area contributed by atoms with Crippen LogP contribution < -0.4 is 5.32 Å². The third-order valence-corrected chi connectivity index (χ3v) is 5.07. The van der Waals surface area contributed by atoms with Crippen molar-refractivity contribution in [2.24, 2.45) is 0 Å². The smallest absolute Gasteiger partial charge is 0.336 e. The minimum absolute atomic E-state index is 0.278. The van der Waals surface area contributed by atoms with Crippen LogP contribution in [0.1, 0.15) is 40.5 Å². The van der Waals surface area contributed by atoms with Crippen LogP contribution in [0.15, 0.2) is 55.0 Å². The Morgan fingerprint density at radius 2 is 1.96 bits per heavy atom. The topological polar surface area (TPSA) is 80.0 Å². The molecule has 0 spiro atoms. The number of aromatic nitrogens is 3. The molecule has 3 heterocycles. The van der Waals surface area contributed by atoms with E-state index in [4.69, 9.17) is 5.10 Å². The summed E-state index contributed by atoms with van der Waals surface area (Å²) in [5.74, 6) is -0.938. The first-order chi connectivity index (χ1) is 13.2. The molecular weight excluding hydrogens is 340 g/mol. The summed E-state index contributed by atoms with van der Waals surface area (Å²) in [6.07, 6.45) is 7.78. The highest BCUT2D eigenvalue weighted by atomic mass is 16.4. The quantitative estimate of drug-likeness (QED) is 0.729. The zero-order valence-corrected chi connectivity index (χ0v) is 15.0. The first-order valence-corrected chi connectivity index (χ1v) is 9.22. The molecule has 0 amide bonds. The lowest BCUT2D eigenvalue weighted by Gasteiger charge is -2.22.